The highest BCUT2D eigenvalue weighted by Gasteiger charge is 2.56. The summed E-state index contributed by atoms with van der Waals surface area (Å²) in [5.41, 5.74) is 10.8. The van der Waals surface area contributed by atoms with Gasteiger partial charge in [0, 0.05) is 121 Å². The number of H-pyrrole nitrogens is 2. The van der Waals surface area contributed by atoms with Crippen LogP contribution in [0.25, 0.3) is 43.0 Å². The summed E-state index contributed by atoms with van der Waals surface area (Å²) in [6.07, 6.45) is -0.1000. The highest BCUT2D eigenvalue weighted by molar-refractivity contribution is 7.99. The number of fused-ring (bicyclic) bond motifs is 4. The number of carbonyl (C=O) groups is 8. The number of aromatic amines is 2. The van der Waals surface area contributed by atoms with Crippen LogP contribution < -0.4 is 52.7 Å². The van der Waals surface area contributed by atoms with Gasteiger partial charge in [0.25, 0.3) is 41.3 Å². The Hall–Kier alpha value is -12.2. The lowest BCUT2D eigenvalue weighted by atomic mass is 9.98. The van der Waals surface area contributed by atoms with E-state index in [1.54, 1.807) is 65.9 Å². The van der Waals surface area contributed by atoms with Crippen LogP contribution in [0.1, 0.15) is 95.7 Å². The lowest BCUT2D eigenvalue weighted by Gasteiger charge is -2.34. The third-order valence-electron chi connectivity index (χ3n) is 23.5. The number of ether oxygens (including phenoxy) is 6. The molecule has 12 aromatic rings. The minimum absolute atomic E-state index is 0. The van der Waals surface area contributed by atoms with E-state index in [0.29, 0.717) is 65.1 Å². The van der Waals surface area contributed by atoms with Crippen LogP contribution in [0.4, 0.5) is 0 Å². The number of para-hydroxylation sites is 4. The van der Waals surface area contributed by atoms with Gasteiger partial charge in [0.1, 0.15) is 41.6 Å². The zero-order valence-corrected chi connectivity index (χ0v) is 79.1. The van der Waals surface area contributed by atoms with Crippen LogP contribution in [0.3, 0.4) is 0 Å². The van der Waals surface area contributed by atoms with E-state index in [9.17, 15) is 72.0 Å². The fraction of sp³-hybridized carbons (Fsp3) is 0.315. The Morgan fingerprint density at radius 3 is 1.14 bits per heavy atom. The average molecular weight is 2030 g/mol. The van der Waals surface area contributed by atoms with Gasteiger partial charge in [0.2, 0.25) is 5.91 Å². The Balaban J connectivity index is 0.000000229. The van der Waals surface area contributed by atoms with E-state index < -0.39 is 87.9 Å². The minimum atomic E-state index is -4.10. The Morgan fingerprint density at radius 2 is 0.752 bits per heavy atom. The number of nitrogens with one attached hydrogen (secondary N) is 10. The molecular formula is C92H109N11O27S7. The monoisotopic (exact) mass is 2020 g/mol. The molecule has 4 aliphatic heterocycles. The predicted octanol–water partition coefficient (Wildman–Crippen LogP) is 10.2. The van der Waals surface area contributed by atoms with Gasteiger partial charge in [-0.2, -0.15) is 0 Å². The van der Waals surface area contributed by atoms with Crippen molar-refractivity contribution in [3.63, 3.8) is 0 Å². The van der Waals surface area contributed by atoms with Crippen molar-refractivity contribution >= 4 is 164 Å². The van der Waals surface area contributed by atoms with Crippen LogP contribution in [-0.2, 0) is 88.7 Å². The van der Waals surface area contributed by atoms with Crippen molar-refractivity contribution in [3.05, 3.63) is 234 Å². The number of rotatable bonds is 33. The number of sulfone groups is 4. The summed E-state index contributed by atoms with van der Waals surface area (Å²) in [4.78, 5) is 110. The first-order valence-electron chi connectivity index (χ1n) is 43.1. The van der Waals surface area contributed by atoms with Gasteiger partial charge in [-0.05, 0) is 207 Å². The molecule has 0 aliphatic carbocycles. The molecule has 0 unspecified atom stereocenters. The maximum atomic E-state index is 13.3. The van der Waals surface area contributed by atoms with E-state index in [4.69, 9.17) is 53.7 Å². The molecule has 45 heteroatoms. The lowest BCUT2D eigenvalue weighted by molar-refractivity contribution is -0.135. The van der Waals surface area contributed by atoms with E-state index in [1.807, 2.05) is 84.2 Å². The number of oxazole rings is 1. The van der Waals surface area contributed by atoms with Gasteiger partial charge in [-0.25, -0.2) is 60.6 Å². The predicted molar refractivity (Wildman–Crippen MR) is 515 cm³/mol. The number of nitrogens with zero attached hydrogens (tertiary/aromatic N) is 1. The zero-order chi connectivity index (χ0) is 97.4. The van der Waals surface area contributed by atoms with Gasteiger partial charge >= 0.3 is 5.91 Å². The van der Waals surface area contributed by atoms with Gasteiger partial charge in [0.05, 0.1) is 39.1 Å². The van der Waals surface area contributed by atoms with Crippen LogP contribution >= 0.6 is 34.9 Å². The van der Waals surface area contributed by atoms with Crippen LogP contribution in [0, 0.1) is 0 Å². The molecule has 16 rings (SSSR count). The fourth-order valence-corrected chi connectivity index (χ4v) is 26.1. The number of hydrogen-bond donors (Lipinski definition) is 14. The van der Waals surface area contributed by atoms with Crippen molar-refractivity contribution in [3.8, 4) is 11.5 Å². The largest absolute Gasteiger partial charge is 0.492 e. The molecular weight excluding hydrogens is 1920 g/mol. The molecule has 8 aromatic carbocycles. The molecule has 4 aromatic heterocycles. The first-order chi connectivity index (χ1) is 66.0. The second-order valence-corrected chi connectivity index (χ2v) is 43.8. The molecule has 0 spiro atoms. The van der Waals surface area contributed by atoms with Crippen LogP contribution in [0.15, 0.2) is 245 Å². The van der Waals surface area contributed by atoms with Crippen molar-refractivity contribution in [1.82, 2.24) is 58.1 Å². The maximum Gasteiger partial charge on any atom is 0.307 e. The lowest BCUT2D eigenvalue weighted by Crippen LogP contribution is -2.54. The highest BCUT2D eigenvalue weighted by atomic mass is 32.2. The highest BCUT2D eigenvalue weighted by Crippen LogP contribution is 2.41. The smallest absolute Gasteiger partial charge is 0.307 e. The first-order valence-corrected chi connectivity index (χ1v) is 51.8. The third-order valence-corrected chi connectivity index (χ3v) is 36.6. The Morgan fingerprint density at radius 1 is 0.409 bits per heavy atom. The number of benzene rings is 8. The second kappa shape index (κ2) is 46.3. The van der Waals surface area contributed by atoms with Gasteiger partial charge in [0.15, 0.2) is 63.9 Å². The van der Waals surface area contributed by atoms with Crippen molar-refractivity contribution in [2.75, 3.05) is 104 Å². The van der Waals surface area contributed by atoms with Crippen molar-refractivity contribution < 1.29 is 133 Å². The van der Waals surface area contributed by atoms with E-state index in [2.05, 4.69) is 36.2 Å². The summed E-state index contributed by atoms with van der Waals surface area (Å²) in [7, 11) is -16.3. The summed E-state index contributed by atoms with van der Waals surface area (Å²) in [5.74, 6) is -2.86. The van der Waals surface area contributed by atoms with Gasteiger partial charge < -0.3 is 64.1 Å². The SMILES string of the molecule is O=C(Cc1csc2ccccc12)NCCOc1ccc(S(=O)(=O)C2(C(=O)NO)CCOCC2)cc1.O=C(NCCOc1ccc(S(=O)(=O)C2(C(=O)NO)CCOCC2)cc1)c1cc2ccccc2[nH]1.O=C(NCCSc1ccc(S(=O)(=O)C2(C(=O)NO)CCOCC2)cc1)c1cc2ccccc2[nH]1.O=C(NCCSc1ccc(S(=O)(=O)C2(C(=O)NO)CCOCC2)cc1)c1nc2ccccc2o1.[HH].[HH].[HH].[HH].[HH]. The van der Waals surface area contributed by atoms with Crippen molar-refractivity contribution in [2.24, 2.45) is 0 Å². The molecule has 4 saturated heterocycles. The number of amides is 8. The van der Waals surface area contributed by atoms with Gasteiger partial charge in [-0.15, -0.1) is 34.9 Å². The molecule has 0 radical (unpaired) electrons. The quantitative estimate of drug-likeness (QED) is 0.00786. The van der Waals surface area contributed by atoms with E-state index in [-0.39, 0.29) is 181 Å². The molecule has 38 nitrogen and oxygen atoms in total. The Labute approximate surface area is 806 Å². The van der Waals surface area contributed by atoms with Crippen LogP contribution in [0.2, 0.25) is 0 Å². The van der Waals surface area contributed by atoms with Crippen molar-refractivity contribution in [1.29, 1.82) is 0 Å². The molecule has 0 bridgehead atoms. The van der Waals surface area contributed by atoms with Gasteiger partial charge in [-0.1, -0.05) is 66.7 Å². The molecule has 4 fully saturated rings. The summed E-state index contributed by atoms with van der Waals surface area (Å²) in [6.45, 7) is 2.53. The number of aromatic nitrogens is 3. The molecule has 4 aliphatic rings. The summed E-state index contributed by atoms with van der Waals surface area (Å²) in [6, 6.07) is 57.7. The Bertz CT molecular complexity index is 6210. The maximum absolute atomic E-state index is 13.3. The molecule has 0 atom stereocenters. The number of thioether (sulfide) groups is 2. The minimum Gasteiger partial charge on any atom is -0.492 e. The summed E-state index contributed by atoms with van der Waals surface area (Å²) >= 11 is 4.50. The summed E-state index contributed by atoms with van der Waals surface area (Å²) < 4.78 is 138. The van der Waals surface area contributed by atoms with E-state index in [1.165, 1.54) is 118 Å². The first kappa shape index (κ1) is 102. The zero-order valence-electron chi connectivity index (χ0n) is 73.4. The molecule has 0 saturated carbocycles. The standard InChI is InChI=1S/C24H26N2O7S2.C23H25N3O7S.C23H25N3O6S2.C22H23N3O7S2.5H2/c27-22(15-17-16-34-21-4-2-1-3-20(17)21)25-11-14-33-18-5-7-19(8-6-18)35(30,31)24(23(28)26-29)9-12-32-13-10-24;2*27-21(20-15-16-3-1-2-4-19(16)25-20)24-11-14-33-17-5-7-18(8-6-17)34(30,31)23(22(28)26-29)9-12-32-13-10-23;26-19(20-24-17-3-1-2-4-18(17)32-20)23-11-14-33-15-5-7-16(8-6-15)34(29,30)22(21(27)25-28)9-12-31-13-10-22;;;;;/h1-8,16,29H,9-15H2,(H,25,27)(H,26,28);2*1-8,15,25,29H,9-14H2,(H,24,27)(H,26,28);1-8,28H,9-14H2,(H,23,26)(H,25,27);5*1H. The molecule has 736 valence electrons. The van der Waals surface area contributed by atoms with Crippen LogP contribution in [0.5, 0.6) is 11.5 Å². The number of hydroxylamine groups is 4. The van der Waals surface area contributed by atoms with E-state index in [0.717, 1.165) is 47.2 Å². The Kier molecular flexibility index (Phi) is 34.6. The normalized spacial score (nSPS) is 15.6. The topological polar surface area (TPSA) is 563 Å². The summed E-state index contributed by atoms with van der Waals surface area (Å²) in [5, 5.41) is 52.7. The third kappa shape index (κ3) is 23.3. The average Bonchev–Trinajstić information content (AvgIpc) is 1.05. The van der Waals surface area contributed by atoms with Gasteiger partial charge in [-0.3, -0.25) is 59.2 Å². The second-order valence-electron chi connectivity index (χ2n) is 31.6. The molecule has 137 heavy (non-hydrogen) atoms. The van der Waals surface area contributed by atoms with Crippen LogP contribution in [-0.4, -0.2) is 239 Å². The van der Waals surface area contributed by atoms with Crippen molar-refractivity contribution in [2.45, 2.75) is 106 Å². The number of thiophene rings is 1. The fourth-order valence-electron chi connectivity index (χ4n) is 15.8. The molecule has 14 N–H and O–H groups in total. The molecule has 8 heterocycles. The van der Waals surface area contributed by atoms with E-state index >= 15 is 0 Å². The number of hydrogen-bond acceptors (Lipinski definition) is 31. The molecule has 8 amide bonds. The number of carbonyl (C=O) groups excluding carboxylic acids is 8.